The Morgan fingerprint density at radius 2 is 2.12 bits per heavy atom. The molecule has 0 aliphatic carbocycles. The molecule has 2 aliphatic rings. The number of hydrogen-bond acceptors (Lipinski definition) is 5. The number of hydrogen-bond donors (Lipinski definition) is 1. The van der Waals surface area contributed by atoms with Crippen LogP contribution in [0.25, 0.3) is 0 Å². The van der Waals surface area contributed by atoms with E-state index >= 15 is 0 Å². The highest BCUT2D eigenvalue weighted by molar-refractivity contribution is 6.11. The summed E-state index contributed by atoms with van der Waals surface area (Å²) in [7, 11) is 3.70. The Labute approximate surface area is 97.1 Å². The molecule has 16 heavy (non-hydrogen) atoms. The van der Waals surface area contributed by atoms with E-state index in [1.54, 1.807) is 7.05 Å². The van der Waals surface area contributed by atoms with E-state index < -0.39 is 5.79 Å². The van der Waals surface area contributed by atoms with Crippen LogP contribution in [-0.4, -0.2) is 51.1 Å². The van der Waals surface area contributed by atoms with Gasteiger partial charge in [0.25, 0.3) is 0 Å². The first-order valence-electron chi connectivity index (χ1n) is 5.84. The SMILES string of the molecule is B[C@@H]1O[C@]2(ONC)C(OC(C)C)C1O[C@@H]2C. The maximum absolute atomic E-state index is 5.88. The minimum absolute atomic E-state index is 0.00620. The Bertz CT molecular complexity index is 265. The van der Waals surface area contributed by atoms with E-state index in [0.29, 0.717) is 0 Å². The molecule has 2 bridgehead atoms. The van der Waals surface area contributed by atoms with Crippen LogP contribution in [0.2, 0.25) is 0 Å². The molecule has 92 valence electrons. The van der Waals surface area contributed by atoms with Crippen LogP contribution in [0, 0.1) is 0 Å². The van der Waals surface area contributed by atoms with Gasteiger partial charge in [-0.15, -0.1) is 0 Å². The normalized spacial score (nSPS) is 46.8. The van der Waals surface area contributed by atoms with E-state index in [-0.39, 0.29) is 30.4 Å². The second kappa shape index (κ2) is 4.27. The minimum atomic E-state index is -0.816. The maximum atomic E-state index is 5.88. The average molecular weight is 229 g/mol. The fourth-order valence-corrected chi connectivity index (χ4v) is 2.53. The summed E-state index contributed by atoms with van der Waals surface area (Å²) < 4.78 is 17.6. The third kappa shape index (κ3) is 1.69. The summed E-state index contributed by atoms with van der Waals surface area (Å²) in [6, 6.07) is -0.00620. The Kier molecular flexibility index (Phi) is 3.29. The first-order valence-corrected chi connectivity index (χ1v) is 5.84. The van der Waals surface area contributed by atoms with Gasteiger partial charge in [0.05, 0.1) is 12.1 Å². The Morgan fingerprint density at radius 1 is 1.44 bits per heavy atom. The number of nitrogens with one attached hydrogen (secondary N) is 1. The van der Waals surface area contributed by atoms with Crippen molar-refractivity contribution in [1.82, 2.24) is 5.48 Å². The molecule has 0 spiro atoms. The lowest BCUT2D eigenvalue weighted by atomic mass is 9.93. The van der Waals surface area contributed by atoms with Gasteiger partial charge in [-0.25, -0.2) is 5.48 Å². The van der Waals surface area contributed by atoms with Crippen LogP contribution in [0.5, 0.6) is 0 Å². The second-order valence-corrected chi connectivity index (χ2v) is 4.70. The van der Waals surface area contributed by atoms with E-state index in [2.05, 4.69) is 5.48 Å². The van der Waals surface area contributed by atoms with E-state index in [0.717, 1.165) is 0 Å². The lowest BCUT2D eigenvalue weighted by Crippen LogP contribution is -2.52. The highest BCUT2D eigenvalue weighted by Gasteiger charge is 2.66. The third-order valence-corrected chi connectivity index (χ3v) is 3.14. The molecule has 2 heterocycles. The first-order chi connectivity index (χ1) is 7.51. The topological polar surface area (TPSA) is 49.0 Å². The van der Waals surface area contributed by atoms with E-state index in [9.17, 15) is 0 Å². The fourth-order valence-electron chi connectivity index (χ4n) is 2.53. The highest BCUT2D eigenvalue weighted by Crippen LogP contribution is 2.45. The number of fused-ring (bicyclic) bond motifs is 2. The molecule has 2 fully saturated rings. The third-order valence-electron chi connectivity index (χ3n) is 3.14. The maximum Gasteiger partial charge on any atom is 0.242 e. The summed E-state index contributed by atoms with van der Waals surface area (Å²) in [6.07, 6.45) is -0.240. The molecule has 0 aromatic carbocycles. The quantitative estimate of drug-likeness (QED) is 0.515. The predicted molar refractivity (Wildman–Crippen MR) is 60.6 cm³/mol. The number of rotatable bonds is 4. The molecule has 2 unspecified atom stereocenters. The Hall–Kier alpha value is -0.135. The zero-order valence-electron chi connectivity index (χ0n) is 10.5. The van der Waals surface area contributed by atoms with Crippen LogP contribution in [0.3, 0.4) is 0 Å². The molecule has 0 saturated carbocycles. The van der Waals surface area contributed by atoms with Crippen molar-refractivity contribution in [3.8, 4) is 0 Å². The molecular weight excluding hydrogens is 209 g/mol. The summed E-state index contributed by atoms with van der Waals surface area (Å²) in [4.78, 5) is 5.56. The molecule has 0 radical (unpaired) electrons. The summed E-state index contributed by atoms with van der Waals surface area (Å²) >= 11 is 0. The van der Waals surface area contributed by atoms with Crippen molar-refractivity contribution in [2.45, 2.75) is 57.0 Å². The van der Waals surface area contributed by atoms with Gasteiger partial charge in [-0.05, 0) is 20.8 Å². The zero-order chi connectivity index (χ0) is 11.9. The molecule has 2 aliphatic heterocycles. The smallest absolute Gasteiger partial charge is 0.242 e. The molecule has 5 nitrogen and oxygen atoms in total. The Morgan fingerprint density at radius 3 is 2.69 bits per heavy atom. The van der Waals surface area contributed by atoms with Gasteiger partial charge in [0, 0.05) is 7.05 Å². The highest BCUT2D eigenvalue weighted by atomic mass is 16.8. The predicted octanol–water partition coefficient (Wildman–Crippen LogP) is -0.596. The average Bonchev–Trinajstić information content (AvgIpc) is 2.55. The van der Waals surface area contributed by atoms with Crippen LogP contribution in [0.15, 0.2) is 0 Å². The van der Waals surface area contributed by atoms with Crippen molar-refractivity contribution in [2.75, 3.05) is 7.05 Å². The van der Waals surface area contributed by atoms with Gasteiger partial charge in [0.1, 0.15) is 26.2 Å². The van der Waals surface area contributed by atoms with Crippen LogP contribution < -0.4 is 5.48 Å². The molecule has 2 saturated heterocycles. The number of ether oxygens (including phenoxy) is 3. The fraction of sp³-hybridized carbons (Fsp3) is 1.00. The van der Waals surface area contributed by atoms with Crippen LogP contribution in [0.4, 0.5) is 0 Å². The largest absolute Gasteiger partial charge is 0.367 e. The molecule has 2 rings (SSSR count). The molecule has 1 N–H and O–H groups in total. The van der Waals surface area contributed by atoms with Crippen molar-refractivity contribution < 1.29 is 19.0 Å². The van der Waals surface area contributed by atoms with E-state index in [1.807, 2.05) is 28.6 Å². The van der Waals surface area contributed by atoms with Gasteiger partial charge in [-0.1, -0.05) is 0 Å². The van der Waals surface area contributed by atoms with Gasteiger partial charge in [-0.2, -0.15) is 0 Å². The zero-order valence-corrected chi connectivity index (χ0v) is 10.5. The number of hydroxylamine groups is 1. The van der Waals surface area contributed by atoms with Gasteiger partial charge >= 0.3 is 0 Å². The second-order valence-electron chi connectivity index (χ2n) is 4.70. The Balaban J connectivity index is 2.21. The van der Waals surface area contributed by atoms with Crippen LogP contribution in [-0.2, 0) is 19.0 Å². The molecular formula is C10H20BNO4. The molecule has 0 amide bonds. The van der Waals surface area contributed by atoms with Gasteiger partial charge < -0.3 is 14.2 Å². The van der Waals surface area contributed by atoms with E-state index in [1.165, 1.54) is 0 Å². The van der Waals surface area contributed by atoms with Crippen molar-refractivity contribution in [1.29, 1.82) is 0 Å². The minimum Gasteiger partial charge on any atom is -0.367 e. The first kappa shape index (κ1) is 12.3. The molecule has 0 aromatic rings. The van der Waals surface area contributed by atoms with Gasteiger partial charge in [0.15, 0.2) is 0 Å². The van der Waals surface area contributed by atoms with Crippen LogP contribution in [0.1, 0.15) is 20.8 Å². The lowest BCUT2D eigenvalue weighted by molar-refractivity contribution is -0.315. The summed E-state index contributed by atoms with van der Waals surface area (Å²) in [5.74, 6) is -0.816. The molecule has 0 aromatic heterocycles. The summed E-state index contributed by atoms with van der Waals surface area (Å²) in [5, 5.41) is 0. The molecule has 6 heteroatoms. The lowest BCUT2D eigenvalue weighted by Gasteiger charge is -2.34. The standard InChI is InChI=1S/C10H20BNO4/c1-5(2)13-8-7-9(11)15-10(8,16-12-4)6(3)14-7/h5-9,12H,11H2,1-4H3/t6-,7?,8?,9-,10-/m1/s1. The van der Waals surface area contributed by atoms with Crippen molar-refractivity contribution in [3.05, 3.63) is 0 Å². The summed E-state index contributed by atoms with van der Waals surface area (Å²) in [6.45, 7) is 5.94. The van der Waals surface area contributed by atoms with E-state index in [4.69, 9.17) is 19.0 Å². The van der Waals surface area contributed by atoms with Crippen LogP contribution >= 0.6 is 0 Å². The monoisotopic (exact) mass is 229 g/mol. The van der Waals surface area contributed by atoms with Crippen molar-refractivity contribution in [2.24, 2.45) is 0 Å². The summed E-state index contributed by atoms with van der Waals surface area (Å²) in [5.41, 5.74) is 2.70. The van der Waals surface area contributed by atoms with Crippen molar-refractivity contribution >= 4 is 7.85 Å². The van der Waals surface area contributed by atoms with Crippen molar-refractivity contribution in [3.63, 3.8) is 0 Å². The van der Waals surface area contributed by atoms with Gasteiger partial charge in [0.2, 0.25) is 5.79 Å². The van der Waals surface area contributed by atoms with Gasteiger partial charge in [-0.3, -0.25) is 4.84 Å². The molecule has 5 atom stereocenters.